The fraction of sp³-hybridized carbons (Fsp3) is 0.371. The molecule has 0 fully saturated rings. The first-order valence-electron chi connectivity index (χ1n) is 14.4. The lowest BCUT2D eigenvalue weighted by molar-refractivity contribution is 0.795. The quantitative estimate of drug-likeness (QED) is 0.209. The van der Waals surface area contributed by atoms with E-state index >= 15 is 0 Å². The largest absolute Gasteiger partial charge is 0.0840 e. The molecule has 0 saturated carbocycles. The van der Waals surface area contributed by atoms with E-state index in [1.54, 1.807) is 16.0 Å². The van der Waals surface area contributed by atoms with E-state index < -0.39 is 9.52 Å². The smallest absolute Gasteiger partial charge is 0.0806 e. The minimum absolute atomic E-state index is 0.534. The summed E-state index contributed by atoms with van der Waals surface area (Å²) in [7, 11) is -0.534. The summed E-state index contributed by atoms with van der Waals surface area (Å²) < 4.78 is 0. The summed E-state index contributed by atoms with van der Waals surface area (Å²) in [6.07, 6.45) is 17.2. The number of benzene rings is 3. The van der Waals surface area contributed by atoms with Gasteiger partial charge >= 0.3 is 0 Å². The van der Waals surface area contributed by atoms with Crippen LogP contribution in [-0.2, 0) is 12.8 Å². The van der Waals surface area contributed by atoms with Crippen LogP contribution in [0.1, 0.15) is 83.3 Å². The van der Waals surface area contributed by atoms with Crippen molar-refractivity contribution >= 4 is 14.7 Å². The first kappa shape index (κ1) is 26.4. The molecule has 0 spiro atoms. The Hall–Kier alpha value is -2.64. The Morgan fingerprint density at radius 1 is 0.639 bits per heavy atom. The average molecular weight is 493 g/mol. The maximum absolute atomic E-state index is 2.43. The highest BCUT2D eigenvalue weighted by Gasteiger charge is 2.17. The lowest BCUT2D eigenvalue weighted by Crippen LogP contribution is -2.20. The Bertz CT molecular complexity index is 1160. The zero-order valence-corrected chi connectivity index (χ0v) is 24.2. The van der Waals surface area contributed by atoms with Gasteiger partial charge in [0.05, 0.1) is 9.52 Å². The van der Waals surface area contributed by atoms with E-state index in [2.05, 4.69) is 99.7 Å². The van der Waals surface area contributed by atoms with Gasteiger partial charge in [-0.2, -0.15) is 0 Å². The predicted molar refractivity (Wildman–Crippen MR) is 163 cm³/mol. The van der Waals surface area contributed by atoms with Crippen molar-refractivity contribution in [3.8, 4) is 22.3 Å². The van der Waals surface area contributed by atoms with E-state index in [-0.39, 0.29) is 0 Å². The Morgan fingerprint density at radius 2 is 1.22 bits per heavy atom. The molecule has 188 valence electrons. The number of unbranched alkanes of at least 4 members (excludes halogenated alkanes) is 3. The van der Waals surface area contributed by atoms with Crippen LogP contribution >= 0.6 is 0 Å². The summed E-state index contributed by atoms with van der Waals surface area (Å²) in [5.41, 5.74) is 10.1. The maximum Gasteiger partial charge on any atom is 0.0840 e. The molecule has 0 N–H and O–H groups in total. The zero-order chi connectivity index (χ0) is 25.2. The molecular formula is C35H44Si. The molecule has 0 amide bonds. The fourth-order valence-corrected chi connectivity index (χ4v) is 7.53. The second kappa shape index (κ2) is 13.6. The number of rotatable bonds is 13. The van der Waals surface area contributed by atoms with Gasteiger partial charge in [-0.1, -0.05) is 135 Å². The molecule has 36 heavy (non-hydrogen) atoms. The molecule has 0 aromatic heterocycles. The van der Waals surface area contributed by atoms with Crippen LogP contribution in [0, 0.1) is 0 Å². The van der Waals surface area contributed by atoms with Crippen molar-refractivity contribution in [3.63, 3.8) is 0 Å². The molecule has 0 heterocycles. The first-order chi connectivity index (χ1) is 17.7. The van der Waals surface area contributed by atoms with Gasteiger partial charge in [-0.3, -0.25) is 0 Å². The summed E-state index contributed by atoms with van der Waals surface area (Å²) in [5, 5.41) is 3.34. The molecule has 0 saturated heterocycles. The van der Waals surface area contributed by atoms with Crippen LogP contribution in [0.25, 0.3) is 22.3 Å². The third-order valence-corrected chi connectivity index (χ3v) is 9.78. The number of hydrogen-bond acceptors (Lipinski definition) is 0. The zero-order valence-electron chi connectivity index (χ0n) is 22.8. The molecule has 0 unspecified atom stereocenters. The molecule has 3 aromatic rings. The molecular weight excluding hydrogens is 448 g/mol. The molecule has 1 aliphatic rings. The van der Waals surface area contributed by atoms with Gasteiger partial charge < -0.3 is 0 Å². The van der Waals surface area contributed by atoms with E-state index in [0.29, 0.717) is 0 Å². The van der Waals surface area contributed by atoms with Crippen molar-refractivity contribution in [1.29, 1.82) is 0 Å². The molecule has 4 rings (SSSR count). The van der Waals surface area contributed by atoms with Crippen LogP contribution in [0.5, 0.6) is 0 Å². The summed E-state index contributed by atoms with van der Waals surface area (Å²) >= 11 is 0. The maximum atomic E-state index is 2.43. The highest BCUT2D eigenvalue weighted by molar-refractivity contribution is 6.63. The standard InChI is InChI=1S/C35H44Si/c1-4-7-12-27-19-23-29(24-20-27)32-16-11-18-34(36-33-17-10-15-30(33)14-9-6-3)35(32)31-25-21-28(22-26-31)13-8-5-2/h10-11,15-16,18-26H,4-9,12-14,17,36H2,1-3H3. The van der Waals surface area contributed by atoms with Crippen LogP contribution < -0.4 is 5.19 Å². The monoisotopic (exact) mass is 492 g/mol. The van der Waals surface area contributed by atoms with Crippen LogP contribution in [0.2, 0.25) is 0 Å². The van der Waals surface area contributed by atoms with Crippen molar-refractivity contribution in [1.82, 2.24) is 0 Å². The number of hydrogen-bond donors (Lipinski definition) is 0. The highest BCUT2D eigenvalue weighted by atomic mass is 28.2. The first-order valence-corrected chi connectivity index (χ1v) is 15.8. The van der Waals surface area contributed by atoms with Crippen LogP contribution in [0.4, 0.5) is 0 Å². The third kappa shape index (κ3) is 6.76. The van der Waals surface area contributed by atoms with Gasteiger partial charge in [0.1, 0.15) is 0 Å². The average Bonchev–Trinajstić information content (AvgIpc) is 3.36. The van der Waals surface area contributed by atoms with E-state index in [1.165, 1.54) is 91.2 Å². The lowest BCUT2D eigenvalue weighted by Gasteiger charge is -2.18. The summed E-state index contributed by atoms with van der Waals surface area (Å²) in [4.78, 5) is 0. The van der Waals surface area contributed by atoms with Gasteiger partial charge in [-0.05, 0) is 78.3 Å². The normalized spacial score (nSPS) is 13.4. The summed E-state index contributed by atoms with van der Waals surface area (Å²) in [5.74, 6) is 0. The van der Waals surface area contributed by atoms with E-state index in [9.17, 15) is 0 Å². The minimum Gasteiger partial charge on any atom is -0.0806 e. The van der Waals surface area contributed by atoms with E-state index in [4.69, 9.17) is 0 Å². The van der Waals surface area contributed by atoms with E-state index in [0.717, 1.165) is 6.42 Å². The van der Waals surface area contributed by atoms with Gasteiger partial charge in [0, 0.05) is 0 Å². The molecule has 0 atom stereocenters. The Morgan fingerprint density at radius 3 is 1.83 bits per heavy atom. The van der Waals surface area contributed by atoms with Crippen molar-refractivity contribution in [3.05, 3.63) is 101 Å². The van der Waals surface area contributed by atoms with Crippen molar-refractivity contribution < 1.29 is 0 Å². The van der Waals surface area contributed by atoms with Crippen LogP contribution in [0.15, 0.2) is 89.7 Å². The number of allylic oxidation sites excluding steroid dienone is 4. The predicted octanol–water partition coefficient (Wildman–Crippen LogP) is 8.90. The summed E-state index contributed by atoms with van der Waals surface area (Å²) in [6, 6.07) is 26.0. The molecule has 0 nitrogen and oxygen atoms in total. The van der Waals surface area contributed by atoms with Crippen LogP contribution in [-0.4, -0.2) is 9.52 Å². The van der Waals surface area contributed by atoms with Gasteiger partial charge in [0.2, 0.25) is 0 Å². The molecule has 0 bridgehead atoms. The Labute approximate surface area is 222 Å². The Balaban J connectivity index is 1.73. The van der Waals surface area contributed by atoms with Crippen molar-refractivity contribution in [2.75, 3.05) is 0 Å². The molecule has 0 radical (unpaired) electrons. The fourth-order valence-electron chi connectivity index (χ4n) is 5.42. The summed E-state index contributed by atoms with van der Waals surface area (Å²) in [6.45, 7) is 6.85. The van der Waals surface area contributed by atoms with Crippen LogP contribution in [0.3, 0.4) is 0 Å². The third-order valence-electron chi connectivity index (χ3n) is 7.64. The lowest BCUT2D eigenvalue weighted by atomic mass is 9.92. The van der Waals surface area contributed by atoms with Gasteiger partial charge in [0.15, 0.2) is 0 Å². The SMILES string of the molecule is CCCCC1=C([SiH2]c2cccc(-c3ccc(CCCC)cc3)c2-c2ccc(CCCC)cc2)CC=C1. The molecule has 1 aliphatic carbocycles. The second-order valence-electron chi connectivity index (χ2n) is 10.5. The second-order valence-corrected chi connectivity index (χ2v) is 12.4. The van der Waals surface area contributed by atoms with Crippen molar-refractivity contribution in [2.45, 2.75) is 85.0 Å². The Kier molecular flexibility index (Phi) is 9.99. The number of aryl methyl sites for hydroxylation is 2. The molecule has 1 heteroatoms. The van der Waals surface area contributed by atoms with Gasteiger partial charge in [0.25, 0.3) is 0 Å². The molecule has 3 aromatic carbocycles. The topological polar surface area (TPSA) is 0 Å². The van der Waals surface area contributed by atoms with Gasteiger partial charge in [-0.25, -0.2) is 0 Å². The van der Waals surface area contributed by atoms with Gasteiger partial charge in [-0.15, -0.1) is 0 Å². The molecule has 0 aliphatic heterocycles. The van der Waals surface area contributed by atoms with E-state index in [1.807, 2.05) is 0 Å². The highest BCUT2D eigenvalue weighted by Crippen LogP contribution is 2.33. The van der Waals surface area contributed by atoms with Crippen molar-refractivity contribution in [2.24, 2.45) is 0 Å². The minimum atomic E-state index is -0.534.